The van der Waals surface area contributed by atoms with Crippen molar-refractivity contribution >= 4 is 71.9 Å². The van der Waals surface area contributed by atoms with Crippen molar-refractivity contribution in [3.63, 3.8) is 0 Å². The summed E-state index contributed by atoms with van der Waals surface area (Å²) in [7, 11) is 0. The van der Waals surface area contributed by atoms with E-state index in [0.29, 0.717) is 0 Å². The molecule has 0 atom stereocenters. The van der Waals surface area contributed by atoms with E-state index < -0.39 is 0 Å². The van der Waals surface area contributed by atoms with Crippen molar-refractivity contribution in [3.05, 3.63) is 0 Å². The van der Waals surface area contributed by atoms with Gasteiger partial charge >= 0.3 is 0 Å². The maximum Gasteiger partial charge on any atom is 0 e. The summed E-state index contributed by atoms with van der Waals surface area (Å²) in [6, 6.07) is 0. The Labute approximate surface area is 116 Å². The Kier molecular flexibility index (Phi) is 100. The minimum Gasteiger partial charge on any atom is -0.107 e. The molecule has 0 aromatic heterocycles. The van der Waals surface area contributed by atoms with Crippen molar-refractivity contribution in [1.82, 2.24) is 0 Å². The summed E-state index contributed by atoms with van der Waals surface area (Å²) in [5.41, 5.74) is 0. The van der Waals surface area contributed by atoms with Gasteiger partial charge in [-0.05, 0) is 0 Å². The molecule has 0 saturated carbocycles. The van der Waals surface area contributed by atoms with Gasteiger partial charge in [0.2, 0.25) is 0 Å². The molecule has 4 heavy (non-hydrogen) atoms. The van der Waals surface area contributed by atoms with E-state index in [1.807, 2.05) is 0 Å². The fourth-order valence-electron chi connectivity index (χ4n) is 0. The van der Waals surface area contributed by atoms with E-state index in [1.54, 1.807) is 0 Å². The Morgan fingerprint density at radius 3 is 0.500 bits per heavy atom. The summed E-state index contributed by atoms with van der Waals surface area (Å²) in [5, 5.41) is 0. The molecular formula is H3I3Yb. The zero-order valence-electron chi connectivity index (χ0n) is 1.49. The third kappa shape index (κ3) is 9.20. The summed E-state index contributed by atoms with van der Waals surface area (Å²) >= 11 is 0. The zero-order chi connectivity index (χ0) is 0. The van der Waals surface area contributed by atoms with Crippen LogP contribution < -0.4 is 0 Å². The van der Waals surface area contributed by atoms with Gasteiger partial charge in [0.05, 0.1) is 0 Å². The fourth-order valence-corrected chi connectivity index (χ4v) is 0. The third-order valence-corrected chi connectivity index (χ3v) is 0. The van der Waals surface area contributed by atoms with E-state index in [9.17, 15) is 0 Å². The number of hydrogen-bond donors (Lipinski definition) is 0. The molecule has 0 amide bonds. The van der Waals surface area contributed by atoms with Crippen LogP contribution in [-0.4, -0.2) is 0 Å². The Hall–Kier alpha value is 3.71. The normalized spacial score (nSPS) is 0. The van der Waals surface area contributed by atoms with E-state index in [-0.39, 0.29) is 119 Å². The predicted molar refractivity (Wildman–Crippen MR) is 46.2 cm³/mol. The summed E-state index contributed by atoms with van der Waals surface area (Å²) < 4.78 is 0. The molecule has 0 aliphatic carbocycles. The molecule has 0 aliphatic heterocycles. The standard InChI is InChI=1S/3HI.Yb/h3*1H;. The van der Waals surface area contributed by atoms with Crippen LogP contribution in [0.3, 0.4) is 0 Å². The smallest absolute Gasteiger partial charge is 0 e. The molecule has 4 heteroatoms. The molecular weight excluding hydrogens is 554 g/mol. The number of halogens is 3. The Morgan fingerprint density at radius 1 is 0.500 bits per heavy atom. The molecule has 0 rings (SSSR count). The predicted octanol–water partition coefficient (Wildman–Crippen LogP) is 1.85. The van der Waals surface area contributed by atoms with Crippen molar-refractivity contribution in [1.29, 1.82) is 0 Å². The zero-order valence-corrected chi connectivity index (χ0v) is 10.2. The molecule has 0 aliphatic rings. The van der Waals surface area contributed by atoms with Crippen molar-refractivity contribution in [2.24, 2.45) is 0 Å². The maximum atomic E-state index is 0. The van der Waals surface area contributed by atoms with Crippen molar-refractivity contribution in [2.75, 3.05) is 0 Å². The first-order valence-corrected chi connectivity index (χ1v) is 0. The summed E-state index contributed by atoms with van der Waals surface area (Å²) in [6.45, 7) is 0. The van der Waals surface area contributed by atoms with Gasteiger partial charge < -0.3 is 0 Å². The first-order valence-electron chi connectivity index (χ1n) is 0. The van der Waals surface area contributed by atoms with Gasteiger partial charge in [0.1, 0.15) is 0 Å². The van der Waals surface area contributed by atoms with Crippen LogP contribution in [0.4, 0.5) is 0 Å². The van der Waals surface area contributed by atoms with Crippen molar-refractivity contribution in [2.45, 2.75) is 0 Å². The molecule has 0 unspecified atom stereocenters. The quantitative estimate of drug-likeness (QED) is 0.400. The van der Waals surface area contributed by atoms with E-state index >= 15 is 0 Å². The largest absolute Gasteiger partial charge is 0.107 e. The van der Waals surface area contributed by atoms with Gasteiger partial charge in [0, 0.05) is 46.9 Å². The van der Waals surface area contributed by atoms with Crippen LogP contribution in [0.1, 0.15) is 0 Å². The van der Waals surface area contributed by atoms with Gasteiger partial charge in [-0.1, -0.05) is 0 Å². The van der Waals surface area contributed by atoms with E-state index in [4.69, 9.17) is 0 Å². The second-order valence-corrected chi connectivity index (χ2v) is 0. The summed E-state index contributed by atoms with van der Waals surface area (Å²) in [6.07, 6.45) is 0. The Balaban J connectivity index is 0. The van der Waals surface area contributed by atoms with Gasteiger partial charge in [-0.15, -0.1) is 71.9 Å². The molecule has 0 aromatic carbocycles. The molecule has 0 fully saturated rings. The van der Waals surface area contributed by atoms with Gasteiger partial charge in [-0.2, -0.15) is 0 Å². The minimum atomic E-state index is 0. The first-order chi connectivity index (χ1) is 0. The topological polar surface area (TPSA) is 0 Å². The van der Waals surface area contributed by atoms with Crippen molar-refractivity contribution in [3.8, 4) is 0 Å². The van der Waals surface area contributed by atoms with Gasteiger partial charge in [0.15, 0.2) is 0 Å². The summed E-state index contributed by atoms with van der Waals surface area (Å²) in [4.78, 5) is 0. The third-order valence-electron chi connectivity index (χ3n) is 0. The van der Waals surface area contributed by atoms with Crippen LogP contribution >= 0.6 is 71.9 Å². The molecule has 0 radical (unpaired) electrons. The Morgan fingerprint density at radius 2 is 0.500 bits per heavy atom. The summed E-state index contributed by atoms with van der Waals surface area (Å²) in [5.74, 6) is 0. The molecule has 0 nitrogen and oxygen atoms in total. The van der Waals surface area contributed by atoms with Crippen LogP contribution in [0.25, 0.3) is 0 Å². The van der Waals surface area contributed by atoms with E-state index in [1.165, 1.54) is 0 Å². The Bertz CT molecular complexity index is 3.25. The minimum absolute atomic E-state index is 0. The monoisotopic (exact) mass is 558 g/mol. The molecule has 0 spiro atoms. The molecule has 0 bridgehead atoms. The maximum absolute atomic E-state index is 0. The molecule has 0 saturated heterocycles. The van der Waals surface area contributed by atoms with Crippen LogP contribution in [0, 0.1) is 46.9 Å². The van der Waals surface area contributed by atoms with Crippen LogP contribution in [0.2, 0.25) is 0 Å². The van der Waals surface area contributed by atoms with Crippen LogP contribution in [0.5, 0.6) is 0 Å². The first kappa shape index (κ1) is 25.2. The fraction of sp³-hybridized carbons (Fsp3) is 0. The number of rotatable bonds is 0. The van der Waals surface area contributed by atoms with Crippen molar-refractivity contribution < 1.29 is 46.9 Å². The van der Waals surface area contributed by atoms with Gasteiger partial charge in [-0.3, -0.25) is 0 Å². The van der Waals surface area contributed by atoms with Crippen LogP contribution in [0.15, 0.2) is 0 Å². The van der Waals surface area contributed by atoms with E-state index in [2.05, 4.69) is 0 Å². The average Bonchev–Trinajstić information content (AvgIpc) is 0. The second-order valence-electron chi connectivity index (χ2n) is 0. The molecule has 38 valence electrons. The molecule has 0 heterocycles. The van der Waals surface area contributed by atoms with E-state index in [0.717, 1.165) is 0 Å². The van der Waals surface area contributed by atoms with Gasteiger partial charge in [0.25, 0.3) is 0 Å². The molecule has 0 N–H and O–H groups in total. The van der Waals surface area contributed by atoms with Gasteiger partial charge in [-0.25, -0.2) is 0 Å². The SMILES string of the molecule is I.I.I.[Yb]. The second kappa shape index (κ2) is 15.9. The number of hydrogen-bond acceptors (Lipinski definition) is 0. The van der Waals surface area contributed by atoms with Crippen LogP contribution in [-0.2, 0) is 0 Å². The average molecular weight is 557 g/mol. The molecule has 0 aromatic rings.